The molecule has 0 saturated carbocycles. The van der Waals surface area contributed by atoms with Gasteiger partial charge in [-0.1, -0.05) is 12.1 Å². The van der Waals surface area contributed by atoms with Gasteiger partial charge in [-0.25, -0.2) is 4.39 Å². The third-order valence-corrected chi connectivity index (χ3v) is 4.73. The van der Waals surface area contributed by atoms with Crippen LogP contribution in [0.2, 0.25) is 0 Å². The van der Waals surface area contributed by atoms with Crippen molar-refractivity contribution in [3.63, 3.8) is 0 Å². The highest BCUT2D eigenvalue weighted by molar-refractivity contribution is 5.98. The molecule has 4 rings (SSSR count). The number of amides is 1. The van der Waals surface area contributed by atoms with Crippen LogP contribution in [-0.4, -0.2) is 41.5 Å². The summed E-state index contributed by atoms with van der Waals surface area (Å²) in [6.07, 6.45) is 3.32. The summed E-state index contributed by atoms with van der Waals surface area (Å²) in [5.74, 6) is 0.385. The largest absolute Gasteiger partial charge is 0.487 e. The topological polar surface area (TPSA) is 45.7 Å². The van der Waals surface area contributed by atoms with Gasteiger partial charge in [-0.2, -0.15) is 0 Å². The molecule has 1 saturated heterocycles. The molecule has 2 atom stereocenters. The Kier molecular flexibility index (Phi) is 3.69. The molecule has 0 N–H and O–H groups in total. The van der Waals surface area contributed by atoms with Gasteiger partial charge < -0.3 is 9.64 Å². The number of hydrogen-bond donors (Lipinski definition) is 0. The first-order chi connectivity index (χ1) is 11.6. The summed E-state index contributed by atoms with van der Waals surface area (Å²) in [5, 5.41) is 0. The maximum absolute atomic E-state index is 13.9. The van der Waals surface area contributed by atoms with Crippen LogP contribution in [0, 0.1) is 5.82 Å². The van der Waals surface area contributed by atoms with Crippen molar-refractivity contribution in [2.45, 2.75) is 25.1 Å². The van der Waals surface area contributed by atoms with Crippen LogP contribution in [0.3, 0.4) is 0 Å². The maximum atomic E-state index is 13.9. The number of pyridine rings is 1. The molecule has 2 aliphatic heterocycles. The molecule has 5 nitrogen and oxygen atoms in total. The molecule has 2 aliphatic rings. The lowest BCUT2D eigenvalue weighted by Crippen LogP contribution is -2.44. The Hall–Kier alpha value is -2.47. The van der Waals surface area contributed by atoms with Gasteiger partial charge in [-0.3, -0.25) is 14.7 Å². The summed E-state index contributed by atoms with van der Waals surface area (Å²) in [7, 11) is 1.76. The molecular weight excluding hydrogens is 309 g/mol. The molecule has 0 unspecified atom stereocenters. The highest BCUT2D eigenvalue weighted by atomic mass is 19.1. The number of likely N-dealkylation sites (tertiary alicyclic amines) is 1. The number of fused-ring (bicyclic) bond motifs is 3. The van der Waals surface area contributed by atoms with E-state index in [0.29, 0.717) is 30.8 Å². The molecule has 2 aromatic rings. The van der Waals surface area contributed by atoms with Crippen LogP contribution in [-0.2, 0) is 11.3 Å². The second-order valence-corrected chi connectivity index (χ2v) is 6.25. The van der Waals surface area contributed by atoms with Gasteiger partial charge in [0.15, 0.2) is 0 Å². The van der Waals surface area contributed by atoms with Crippen LogP contribution in [0.25, 0.3) is 0 Å². The number of para-hydroxylation sites is 2. The summed E-state index contributed by atoms with van der Waals surface area (Å²) < 4.78 is 20.0. The lowest BCUT2D eigenvalue weighted by atomic mass is 10.1. The molecule has 24 heavy (non-hydrogen) atoms. The van der Waals surface area contributed by atoms with Gasteiger partial charge in [0.2, 0.25) is 5.91 Å². The fraction of sp³-hybridized carbons (Fsp3) is 0.333. The Morgan fingerprint density at radius 3 is 3.00 bits per heavy atom. The van der Waals surface area contributed by atoms with E-state index in [0.717, 1.165) is 5.69 Å². The number of hydrogen-bond acceptors (Lipinski definition) is 4. The third kappa shape index (κ3) is 2.53. The van der Waals surface area contributed by atoms with E-state index in [4.69, 9.17) is 4.74 Å². The highest BCUT2D eigenvalue weighted by Crippen LogP contribution is 2.35. The number of rotatable bonds is 2. The first kappa shape index (κ1) is 15.1. The zero-order chi connectivity index (χ0) is 16.7. The van der Waals surface area contributed by atoms with Gasteiger partial charge in [-0.05, 0) is 18.2 Å². The second kappa shape index (κ2) is 5.87. The number of anilines is 1. The van der Waals surface area contributed by atoms with Crippen molar-refractivity contribution in [3.8, 4) is 5.75 Å². The van der Waals surface area contributed by atoms with E-state index < -0.39 is 0 Å². The van der Waals surface area contributed by atoms with Crippen LogP contribution in [0.1, 0.15) is 12.0 Å². The van der Waals surface area contributed by atoms with Crippen molar-refractivity contribution >= 4 is 11.6 Å². The predicted molar refractivity (Wildman–Crippen MR) is 87.3 cm³/mol. The average Bonchev–Trinajstić information content (AvgIpc) is 2.99. The number of likely N-dealkylation sites (N-methyl/N-ethyl adjacent to an activating group) is 1. The van der Waals surface area contributed by atoms with Crippen LogP contribution in [0.5, 0.6) is 5.75 Å². The normalized spacial score (nSPS) is 23.4. The van der Waals surface area contributed by atoms with Crippen LogP contribution >= 0.6 is 0 Å². The number of carbonyl (C=O) groups is 1. The molecule has 1 aromatic carbocycles. The second-order valence-electron chi connectivity index (χ2n) is 6.25. The summed E-state index contributed by atoms with van der Waals surface area (Å²) in [4.78, 5) is 20.3. The number of halogens is 1. The Labute approximate surface area is 139 Å². The molecule has 1 aromatic heterocycles. The van der Waals surface area contributed by atoms with E-state index in [1.807, 2.05) is 29.2 Å². The summed E-state index contributed by atoms with van der Waals surface area (Å²) in [5.41, 5.74) is 1.32. The zero-order valence-corrected chi connectivity index (χ0v) is 13.4. The molecule has 124 valence electrons. The summed E-state index contributed by atoms with van der Waals surface area (Å²) in [6, 6.07) is 8.90. The molecule has 0 aliphatic carbocycles. The maximum Gasteiger partial charge on any atom is 0.244 e. The average molecular weight is 327 g/mol. The Balaban J connectivity index is 1.64. The summed E-state index contributed by atoms with van der Waals surface area (Å²) in [6.45, 7) is 0.967. The standard InChI is InChI=1S/C18H18FN3O2/c1-21-15-4-2-3-5-17(15)24-13-8-16(18(21)23)22(11-13)10-12-6-7-20-9-14(12)19/h2-7,9,13,16H,8,10-11H2,1H3/t13-,16-/m0/s1. The van der Waals surface area contributed by atoms with E-state index in [9.17, 15) is 9.18 Å². The van der Waals surface area contributed by atoms with Crippen molar-refractivity contribution in [2.24, 2.45) is 0 Å². The minimum atomic E-state index is -0.348. The number of nitrogens with zero attached hydrogens (tertiary/aromatic N) is 3. The first-order valence-electron chi connectivity index (χ1n) is 7.99. The van der Waals surface area contributed by atoms with Gasteiger partial charge >= 0.3 is 0 Å². The van der Waals surface area contributed by atoms with Crippen molar-refractivity contribution in [3.05, 3.63) is 54.1 Å². The minimum absolute atomic E-state index is 0.0164. The summed E-state index contributed by atoms with van der Waals surface area (Å²) >= 11 is 0. The molecule has 1 fully saturated rings. The molecule has 1 amide bonds. The van der Waals surface area contributed by atoms with Crippen molar-refractivity contribution in [1.82, 2.24) is 9.88 Å². The van der Waals surface area contributed by atoms with Crippen molar-refractivity contribution in [1.29, 1.82) is 0 Å². The van der Waals surface area contributed by atoms with Crippen LogP contribution in [0.4, 0.5) is 10.1 Å². The van der Waals surface area contributed by atoms with E-state index in [2.05, 4.69) is 4.98 Å². The SMILES string of the molecule is CN1C(=O)[C@@H]2C[C@@H](CN2Cc2ccncc2F)Oc2ccccc21. The van der Waals surface area contributed by atoms with E-state index in [1.165, 1.54) is 6.20 Å². The lowest BCUT2D eigenvalue weighted by Gasteiger charge is -2.29. The Morgan fingerprint density at radius 2 is 2.17 bits per heavy atom. The van der Waals surface area contributed by atoms with Gasteiger partial charge in [0.1, 0.15) is 17.7 Å². The lowest BCUT2D eigenvalue weighted by molar-refractivity contribution is -0.122. The Morgan fingerprint density at radius 1 is 1.33 bits per heavy atom. The third-order valence-electron chi connectivity index (χ3n) is 4.73. The minimum Gasteiger partial charge on any atom is -0.487 e. The van der Waals surface area contributed by atoms with Gasteiger partial charge in [0.25, 0.3) is 0 Å². The molecule has 6 heteroatoms. The molecule has 0 radical (unpaired) electrons. The number of aromatic nitrogens is 1. The predicted octanol–water partition coefficient (Wildman–Crippen LogP) is 2.22. The highest BCUT2D eigenvalue weighted by Gasteiger charge is 2.42. The molecule has 2 bridgehead atoms. The fourth-order valence-corrected chi connectivity index (χ4v) is 3.49. The number of carbonyl (C=O) groups excluding carboxylic acids is 1. The molecule has 3 heterocycles. The van der Waals surface area contributed by atoms with Gasteiger partial charge in [-0.15, -0.1) is 0 Å². The first-order valence-corrected chi connectivity index (χ1v) is 7.99. The smallest absolute Gasteiger partial charge is 0.244 e. The van der Waals surface area contributed by atoms with E-state index in [1.54, 1.807) is 24.2 Å². The fourth-order valence-electron chi connectivity index (χ4n) is 3.49. The van der Waals surface area contributed by atoms with Crippen LogP contribution in [0.15, 0.2) is 42.7 Å². The Bertz CT molecular complexity index is 782. The van der Waals surface area contributed by atoms with Gasteiger partial charge in [0, 0.05) is 38.3 Å². The molecular formula is C18H18FN3O2. The molecule has 0 spiro atoms. The number of ether oxygens (including phenoxy) is 1. The van der Waals surface area contributed by atoms with Gasteiger partial charge in [0.05, 0.1) is 17.9 Å². The van der Waals surface area contributed by atoms with E-state index >= 15 is 0 Å². The monoisotopic (exact) mass is 327 g/mol. The van der Waals surface area contributed by atoms with Crippen LogP contribution < -0.4 is 9.64 Å². The van der Waals surface area contributed by atoms with Crippen molar-refractivity contribution in [2.75, 3.05) is 18.5 Å². The zero-order valence-electron chi connectivity index (χ0n) is 13.4. The van der Waals surface area contributed by atoms with Crippen molar-refractivity contribution < 1.29 is 13.9 Å². The van der Waals surface area contributed by atoms with E-state index in [-0.39, 0.29) is 23.9 Å². The number of benzene rings is 1. The quantitative estimate of drug-likeness (QED) is 0.848.